The second-order valence-corrected chi connectivity index (χ2v) is 7.85. The van der Waals surface area contributed by atoms with Crippen LogP contribution in [0.25, 0.3) is 0 Å². The summed E-state index contributed by atoms with van der Waals surface area (Å²) < 4.78 is 0. The Kier molecular flexibility index (Phi) is 18.3. The number of pyridine rings is 1. The summed E-state index contributed by atoms with van der Waals surface area (Å²) in [4.78, 5) is 14.3. The van der Waals surface area contributed by atoms with Gasteiger partial charge in [-0.25, -0.2) is 4.98 Å². The zero-order valence-electron chi connectivity index (χ0n) is 20.3. The third-order valence-corrected chi connectivity index (χ3v) is 5.63. The van der Waals surface area contributed by atoms with Crippen LogP contribution < -0.4 is 37.2 Å². The number of hydrogen-bond acceptors (Lipinski definition) is 3. The fourth-order valence-corrected chi connectivity index (χ4v) is 3.92. The molecule has 0 amide bonds. The Morgan fingerprint density at radius 1 is 0.657 bits per heavy atom. The summed E-state index contributed by atoms with van der Waals surface area (Å²) in [7, 11) is 0. The summed E-state index contributed by atoms with van der Waals surface area (Å²) in [6.45, 7) is 8.61. The second-order valence-electron chi connectivity index (χ2n) is 7.42. The molecule has 0 bridgehead atoms. The molecule has 3 aromatic rings. The molecule has 1 aromatic heterocycles. The van der Waals surface area contributed by atoms with E-state index in [1.807, 2.05) is 12.1 Å². The molecule has 3 rings (SSSR count). The van der Waals surface area contributed by atoms with E-state index in [0.717, 1.165) is 48.4 Å². The quantitative estimate of drug-likeness (QED) is 0.231. The van der Waals surface area contributed by atoms with Crippen molar-refractivity contribution >= 4 is 35.4 Å². The second kappa shape index (κ2) is 17.9. The van der Waals surface area contributed by atoms with E-state index in [4.69, 9.17) is 26.6 Å². The molecular formula is C27H30Cl4FeN3. The maximum Gasteiger partial charge on any atom is 3.00 e. The fraction of sp³-hybridized carbons (Fsp3) is 0.296. The van der Waals surface area contributed by atoms with E-state index in [0.29, 0.717) is 5.02 Å². The van der Waals surface area contributed by atoms with Crippen LogP contribution in [0, 0.1) is 0 Å². The van der Waals surface area contributed by atoms with Gasteiger partial charge < -0.3 is 37.2 Å². The van der Waals surface area contributed by atoms with Gasteiger partial charge in [0.15, 0.2) is 0 Å². The molecule has 0 spiro atoms. The van der Waals surface area contributed by atoms with Crippen LogP contribution in [0.5, 0.6) is 0 Å². The van der Waals surface area contributed by atoms with Gasteiger partial charge in [0.2, 0.25) is 0 Å². The number of rotatable bonds is 8. The Labute approximate surface area is 244 Å². The molecule has 0 N–H and O–H groups in total. The van der Waals surface area contributed by atoms with Crippen LogP contribution in [-0.2, 0) is 42.8 Å². The number of nitrogens with zero attached hydrogens (tertiary/aromatic N) is 3. The molecule has 0 aliphatic rings. The van der Waals surface area contributed by atoms with Crippen molar-refractivity contribution in [1.29, 1.82) is 0 Å². The largest absolute Gasteiger partial charge is 3.00 e. The predicted octanol–water partition coefficient (Wildman–Crippen LogP) is -1.50. The van der Waals surface area contributed by atoms with E-state index in [2.05, 4.69) is 64.1 Å². The summed E-state index contributed by atoms with van der Waals surface area (Å²) in [5, 5.41) is 0.622. The first-order valence-electron chi connectivity index (χ1n) is 11.1. The standard InChI is InChI=1S/C27H30ClN3.3ClH.Fe/c1-5-19-11-9-12-20(6-2)26(19)29-17-24-15-23(28)16-25(31-24)18-30-27-21(7-3)13-10-14-22(27)8-4;;;;/h9-18H,5-8H2,1-4H3;3*1H;/q;;;;+3/p-3. The van der Waals surface area contributed by atoms with Crippen LogP contribution in [0.1, 0.15) is 61.3 Å². The minimum absolute atomic E-state index is 0. The summed E-state index contributed by atoms with van der Waals surface area (Å²) in [5.41, 5.74) is 8.47. The van der Waals surface area contributed by atoms with Crippen molar-refractivity contribution in [3.05, 3.63) is 87.2 Å². The predicted molar refractivity (Wildman–Crippen MR) is 134 cm³/mol. The molecule has 0 aliphatic heterocycles. The van der Waals surface area contributed by atoms with Crippen molar-refractivity contribution in [1.82, 2.24) is 4.98 Å². The minimum Gasteiger partial charge on any atom is -1.00 e. The Hall–Kier alpha value is -1.39. The topological polar surface area (TPSA) is 37.6 Å². The van der Waals surface area contributed by atoms with Crippen LogP contribution >= 0.6 is 11.6 Å². The van der Waals surface area contributed by atoms with Crippen molar-refractivity contribution in [2.24, 2.45) is 9.98 Å². The van der Waals surface area contributed by atoms with E-state index >= 15 is 0 Å². The molecule has 1 heterocycles. The van der Waals surface area contributed by atoms with Crippen molar-refractivity contribution < 1.29 is 54.3 Å². The third-order valence-electron chi connectivity index (χ3n) is 5.41. The molecule has 0 aliphatic carbocycles. The van der Waals surface area contributed by atoms with E-state index in [1.165, 1.54) is 22.3 Å². The summed E-state index contributed by atoms with van der Waals surface area (Å²) in [6.07, 6.45) is 7.37. The Morgan fingerprint density at radius 3 is 1.26 bits per heavy atom. The van der Waals surface area contributed by atoms with Gasteiger partial charge in [-0.2, -0.15) is 0 Å². The number of aryl methyl sites for hydroxylation is 4. The van der Waals surface area contributed by atoms with Crippen LogP contribution in [0.3, 0.4) is 0 Å². The van der Waals surface area contributed by atoms with Gasteiger partial charge in [-0.05, 0) is 60.1 Å². The van der Waals surface area contributed by atoms with Crippen molar-refractivity contribution in [3.63, 3.8) is 0 Å². The van der Waals surface area contributed by atoms with E-state index in [1.54, 1.807) is 12.4 Å². The molecule has 8 heteroatoms. The van der Waals surface area contributed by atoms with E-state index in [-0.39, 0.29) is 54.3 Å². The molecule has 0 saturated heterocycles. The Balaban J connectivity index is 0. The first kappa shape index (κ1) is 35.8. The van der Waals surface area contributed by atoms with Crippen LogP contribution in [0.4, 0.5) is 11.4 Å². The average molecular weight is 594 g/mol. The number of aromatic nitrogens is 1. The molecule has 3 nitrogen and oxygen atoms in total. The van der Waals surface area contributed by atoms with Gasteiger partial charge in [0.05, 0.1) is 35.2 Å². The van der Waals surface area contributed by atoms with Gasteiger partial charge in [0, 0.05) is 5.02 Å². The van der Waals surface area contributed by atoms with Crippen LogP contribution in [0.2, 0.25) is 5.02 Å². The molecule has 2 aromatic carbocycles. The molecule has 189 valence electrons. The van der Waals surface area contributed by atoms with Crippen LogP contribution in [-0.4, -0.2) is 17.4 Å². The van der Waals surface area contributed by atoms with E-state index in [9.17, 15) is 0 Å². The van der Waals surface area contributed by atoms with Gasteiger partial charge in [-0.15, -0.1) is 0 Å². The maximum absolute atomic E-state index is 6.38. The zero-order valence-corrected chi connectivity index (χ0v) is 24.4. The Morgan fingerprint density at radius 2 is 0.971 bits per heavy atom. The van der Waals surface area contributed by atoms with Crippen molar-refractivity contribution in [2.45, 2.75) is 53.4 Å². The van der Waals surface area contributed by atoms with Gasteiger partial charge in [0.1, 0.15) is 0 Å². The van der Waals surface area contributed by atoms with Gasteiger partial charge in [-0.1, -0.05) is 75.7 Å². The number of aliphatic imine (C=N–C) groups is 2. The summed E-state index contributed by atoms with van der Waals surface area (Å²) in [6, 6.07) is 16.4. The van der Waals surface area contributed by atoms with Gasteiger partial charge in [-0.3, -0.25) is 9.98 Å². The molecular weight excluding hydrogens is 564 g/mol. The SMILES string of the molecule is CCc1cccc(CC)c1N=Cc1cc(Cl)cc(C=Nc2c(CC)cccc2CC)n1.[Cl-].[Cl-].[Cl-].[Fe+3]. The monoisotopic (exact) mass is 592 g/mol. The van der Waals surface area contributed by atoms with Crippen LogP contribution in [0.15, 0.2) is 58.5 Å². The number of para-hydroxylation sites is 2. The summed E-state index contributed by atoms with van der Waals surface area (Å²) >= 11 is 6.38. The van der Waals surface area contributed by atoms with Gasteiger partial charge in [0.25, 0.3) is 0 Å². The third kappa shape index (κ3) is 9.53. The van der Waals surface area contributed by atoms with Crippen molar-refractivity contribution in [2.75, 3.05) is 0 Å². The molecule has 1 radical (unpaired) electrons. The van der Waals surface area contributed by atoms with Crippen molar-refractivity contribution in [3.8, 4) is 0 Å². The molecule has 0 unspecified atom stereocenters. The average Bonchev–Trinajstić information content (AvgIpc) is 2.80. The van der Waals surface area contributed by atoms with Gasteiger partial charge >= 0.3 is 17.1 Å². The fourth-order valence-electron chi connectivity index (χ4n) is 3.69. The molecule has 0 saturated carbocycles. The van der Waals surface area contributed by atoms with E-state index < -0.39 is 0 Å². The normalized spacial score (nSPS) is 10.3. The zero-order chi connectivity index (χ0) is 22.2. The molecule has 35 heavy (non-hydrogen) atoms. The summed E-state index contributed by atoms with van der Waals surface area (Å²) in [5.74, 6) is 0. The number of hydrogen-bond donors (Lipinski definition) is 0. The Bertz CT molecular complexity index is 989. The molecule has 0 fully saturated rings. The smallest absolute Gasteiger partial charge is 1.00 e. The number of benzene rings is 2. The first-order valence-corrected chi connectivity index (χ1v) is 11.4. The number of halogens is 4. The molecule has 0 atom stereocenters. The first-order chi connectivity index (χ1) is 15.1. The minimum atomic E-state index is 0. The maximum atomic E-state index is 6.38.